The monoisotopic (exact) mass is 495 g/mol. The van der Waals surface area contributed by atoms with E-state index in [1.54, 1.807) is 0 Å². The number of amides is 2. The number of aromatic amines is 1. The second-order valence-electron chi connectivity index (χ2n) is 10.7. The van der Waals surface area contributed by atoms with Gasteiger partial charge in [0.15, 0.2) is 0 Å². The number of likely N-dealkylation sites (tertiary alicyclic amines) is 1. The van der Waals surface area contributed by atoms with Crippen molar-refractivity contribution in [3.05, 3.63) is 35.0 Å². The minimum Gasteiger partial charge on any atom is -0.356 e. The highest BCUT2D eigenvalue weighted by Gasteiger charge is 2.46. The lowest BCUT2D eigenvalue weighted by Crippen LogP contribution is -2.46. The van der Waals surface area contributed by atoms with Gasteiger partial charge in [-0.15, -0.1) is 0 Å². The van der Waals surface area contributed by atoms with E-state index in [1.807, 2.05) is 29.2 Å². The number of para-hydroxylation sites is 1. The summed E-state index contributed by atoms with van der Waals surface area (Å²) in [6.45, 7) is 2.03. The van der Waals surface area contributed by atoms with Gasteiger partial charge in [-0.2, -0.15) is 5.26 Å². The zero-order valence-corrected chi connectivity index (χ0v) is 20.9. The fraction of sp³-hybridized carbons (Fsp3) is 0.593. The third-order valence-corrected chi connectivity index (χ3v) is 8.62. The van der Waals surface area contributed by atoms with Gasteiger partial charge in [-0.25, -0.2) is 0 Å². The van der Waals surface area contributed by atoms with Gasteiger partial charge in [-0.1, -0.05) is 43.0 Å². The first-order chi connectivity index (χ1) is 17.0. The van der Waals surface area contributed by atoms with Crippen LogP contribution in [-0.4, -0.2) is 53.4 Å². The highest BCUT2D eigenvalue weighted by atomic mass is 35.5. The van der Waals surface area contributed by atoms with Crippen LogP contribution >= 0.6 is 11.6 Å². The second-order valence-corrected chi connectivity index (χ2v) is 11.1. The molecule has 0 radical (unpaired) electrons. The number of nitriles is 1. The molecule has 1 unspecified atom stereocenters. The maximum atomic E-state index is 13.7. The highest BCUT2D eigenvalue weighted by Crippen LogP contribution is 2.46. The summed E-state index contributed by atoms with van der Waals surface area (Å²) in [5.74, 6) is -0.0794. The summed E-state index contributed by atoms with van der Waals surface area (Å²) in [6.07, 6.45) is 9.22. The van der Waals surface area contributed by atoms with E-state index >= 15 is 0 Å². The molecule has 2 amide bonds. The van der Waals surface area contributed by atoms with Crippen molar-refractivity contribution in [2.24, 2.45) is 11.3 Å². The van der Waals surface area contributed by atoms with Crippen molar-refractivity contribution in [3.63, 3.8) is 0 Å². The Bertz CT molecular complexity index is 1130. The number of aromatic nitrogens is 1. The fourth-order valence-electron chi connectivity index (χ4n) is 6.44. The summed E-state index contributed by atoms with van der Waals surface area (Å²) in [5.41, 5.74) is 1.51. The minimum absolute atomic E-state index is 0.00770. The molecule has 2 aliphatic heterocycles. The van der Waals surface area contributed by atoms with E-state index in [0.29, 0.717) is 23.7 Å². The van der Waals surface area contributed by atoms with Gasteiger partial charge in [0.05, 0.1) is 22.7 Å². The maximum absolute atomic E-state index is 13.7. The molecule has 3 heterocycles. The maximum Gasteiger partial charge on any atom is 0.270 e. The average Bonchev–Trinajstić information content (AvgIpc) is 3.46. The number of benzene rings is 1. The molecule has 1 spiro atoms. The molecule has 8 heteroatoms. The van der Waals surface area contributed by atoms with Gasteiger partial charge in [0.25, 0.3) is 5.91 Å². The highest BCUT2D eigenvalue weighted by molar-refractivity contribution is 6.35. The number of hydrogen-bond acceptors (Lipinski definition) is 4. The Morgan fingerprint density at radius 1 is 1.29 bits per heavy atom. The fourth-order valence-corrected chi connectivity index (χ4v) is 6.67. The van der Waals surface area contributed by atoms with Crippen LogP contribution in [0.2, 0.25) is 5.02 Å². The Morgan fingerprint density at radius 3 is 2.86 bits per heavy atom. The van der Waals surface area contributed by atoms with Crippen molar-refractivity contribution in [2.45, 2.75) is 69.9 Å². The first-order valence-electron chi connectivity index (χ1n) is 13.0. The lowest BCUT2D eigenvalue weighted by Gasteiger charge is -2.33. The predicted octanol–water partition coefficient (Wildman–Crippen LogP) is 4.38. The minimum atomic E-state index is -0.407. The molecule has 3 fully saturated rings. The lowest BCUT2D eigenvalue weighted by molar-refractivity contribution is -0.126. The van der Waals surface area contributed by atoms with Crippen LogP contribution in [0.25, 0.3) is 10.9 Å². The van der Waals surface area contributed by atoms with E-state index < -0.39 is 6.04 Å². The normalized spacial score (nSPS) is 24.9. The molecule has 186 valence electrons. The molecule has 7 nitrogen and oxygen atoms in total. The first-order valence-corrected chi connectivity index (χ1v) is 13.3. The molecule has 3 N–H and O–H groups in total. The van der Waals surface area contributed by atoms with E-state index in [1.165, 1.54) is 19.3 Å². The Kier molecular flexibility index (Phi) is 7.04. The van der Waals surface area contributed by atoms with E-state index in [0.717, 1.165) is 56.1 Å². The quantitative estimate of drug-likeness (QED) is 0.553. The second kappa shape index (κ2) is 10.2. The van der Waals surface area contributed by atoms with Crippen molar-refractivity contribution in [2.75, 3.05) is 19.6 Å². The van der Waals surface area contributed by atoms with Crippen LogP contribution in [0.1, 0.15) is 68.3 Å². The van der Waals surface area contributed by atoms with Crippen LogP contribution < -0.4 is 10.6 Å². The number of carbonyl (C=O) groups is 2. The standard InChI is InChI=1S/C27H34ClN5O2/c28-22-8-4-6-18-13-23(32-24(18)22)26(35)33-17-27(9-2-1-3-10-27)14-21(33)16-31-20(15-29)12-19-7-5-11-30-25(19)34/h4,6,8,13,19-21,31-32H,1-3,5,7,9-12,14,16-17H2,(H,30,34)/t19-,20-,21?/m0/s1. The molecule has 1 aliphatic carbocycles. The number of carbonyl (C=O) groups excluding carboxylic acids is 2. The molecule has 3 aliphatic rings. The number of fused-ring (bicyclic) bond motifs is 1. The van der Waals surface area contributed by atoms with Crippen molar-refractivity contribution < 1.29 is 9.59 Å². The summed E-state index contributed by atoms with van der Waals surface area (Å²) in [5, 5.41) is 17.6. The summed E-state index contributed by atoms with van der Waals surface area (Å²) in [7, 11) is 0. The molecule has 1 aromatic heterocycles. The Morgan fingerprint density at radius 2 is 2.11 bits per heavy atom. The van der Waals surface area contributed by atoms with Crippen LogP contribution in [0, 0.1) is 22.7 Å². The molecule has 35 heavy (non-hydrogen) atoms. The van der Waals surface area contributed by atoms with Gasteiger partial charge < -0.3 is 15.2 Å². The number of rotatable bonds is 6. The van der Waals surface area contributed by atoms with Crippen LogP contribution in [0.15, 0.2) is 24.3 Å². The largest absolute Gasteiger partial charge is 0.356 e. The van der Waals surface area contributed by atoms with Gasteiger partial charge in [0.1, 0.15) is 5.69 Å². The van der Waals surface area contributed by atoms with Crippen molar-refractivity contribution >= 4 is 34.3 Å². The van der Waals surface area contributed by atoms with Gasteiger partial charge in [0, 0.05) is 37.0 Å². The third-order valence-electron chi connectivity index (χ3n) is 8.30. The number of nitrogens with zero attached hydrogens (tertiary/aromatic N) is 2. The smallest absolute Gasteiger partial charge is 0.270 e. The van der Waals surface area contributed by atoms with Crippen LogP contribution in [0.3, 0.4) is 0 Å². The van der Waals surface area contributed by atoms with Crippen LogP contribution in [-0.2, 0) is 4.79 Å². The lowest BCUT2D eigenvalue weighted by atomic mass is 9.73. The van der Waals surface area contributed by atoms with Crippen molar-refractivity contribution in [1.29, 1.82) is 5.26 Å². The number of halogens is 1. The molecule has 0 bridgehead atoms. The van der Waals surface area contributed by atoms with Gasteiger partial charge in [-0.3, -0.25) is 14.9 Å². The zero-order valence-electron chi connectivity index (χ0n) is 20.1. The molecular weight excluding hydrogens is 462 g/mol. The molecule has 1 saturated carbocycles. The first kappa shape index (κ1) is 24.1. The average molecular weight is 496 g/mol. The number of H-pyrrole nitrogens is 1. The van der Waals surface area contributed by atoms with E-state index in [9.17, 15) is 14.9 Å². The Labute approximate surface area is 211 Å². The zero-order chi connectivity index (χ0) is 24.4. The molecular formula is C27H34ClN5O2. The van der Waals surface area contributed by atoms with Crippen molar-refractivity contribution in [1.82, 2.24) is 20.5 Å². The van der Waals surface area contributed by atoms with E-state index in [-0.39, 0.29) is 29.2 Å². The third kappa shape index (κ3) is 5.05. The van der Waals surface area contributed by atoms with E-state index in [2.05, 4.69) is 21.7 Å². The SMILES string of the molecule is N#C[C@H](C[C@@H]1CCCNC1=O)NCC1CC2(CCCCC2)CN1C(=O)c1cc2cccc(Cl)c2[nH]1. The van der Waals surface area contributed by atoms with Gasteiger partial charge >= 0.3 is 0 Å². The molecule has 2 saturated heterocycles. The summed E-state index contributed by atoms with van der Waals surface area (Å²) in [6, 6.07) is 9.51. The van der Waals surface area contributed by atoms with Gasteiger partial charge in [-0.05, 0) is 56.1 Å². The molecule has 2 aromatic rings. The Balaban J connectivity index is 1.32. The van der Waals surface area contributed by atoms with Gasteiger partial charge in [0.2, 0.25) is 5.91 Å². The topological polar surface area (TPSA) is 101 Å². The summed E-state index contributed by atoms with van der Waals surface area (Å²) < 4.78 is 0. The van der Waals surface area contributed by atoms with Crippen molar-refractivity contribution in [3.8, 4) is 6.07 Å². The summed E-state index contributed by atoms with van der Waals surface area (Å²) >= 11 is 6.35. The van der Waals surface area contributed by atoms with Crippen LogP contribution in [0.5, 0.6) is 0 Å². The molecule has 3 atom stereocenters. The Hall–Kier alpha value is -2.56. The van der Waals surface area contributed by atoms with Crippen LogP contribution in [0.4, 0.5) is 0 Å². The van der Waals surface area contributed by atoms with E-state index in [4.69, 9.17) is 11.6 Å². The number of hydrogen-bond donors (Lipinski definition) is 3. The number of nitrogens with one attached hydrogen (secondary N) is 3. The predicted molar refractivity (Wildman–Crippen MR) is 136 cm³/mol. The summed E-state index contributed by atoms with van der Waals surface area (Å²) in [4.78, 5) is 31.2. The molecule has 1 aromatic carbocycles. The number of piperidine rings is 1. The molecule has 5 rings (SSSR count).